The number of carboxylic acids is 1. The van der Waals surface area contributed by atoms with Gasteiger partial charge in [-0.25, -0.2) is 4.79 Å². The number of ketones is 1. The third-order valence-corrected chi connectivity index (χ3v) is 6.01. The standard InChI is InChI=1S/C27H23ClN2O5/c28-23-13-17(12-20(32)11-16-4-3-5-19(31)10-16)8-9-22(23)26(33)30-25(27(34)35)14-18-15-29-24-7-2-1-6-21(18)24/h1-10,13,15,25,29,31H,11-12,14H2,(H,30,33)(H,34,35)/t25-/m0/s1. The number of nitrogens with one attached hydrogen (secondary N) is 2. The van der Waals surface area contributed by atoms with E-state index in [9.17, 15) is 24.6 Å². The maximum Gasteiger partial charge on any atom is 0.326 e. The fourth-order valence-corrected chi connectivity index (χ4v) is 4.28. The summed E-state index contributed by atoms with van der Waals surface area (Å²) in [7, 11) is 0. The lowest BCUT2D eigenvalue weighted by Gasteiger charge is -2.15. The number of aliphatic carboxylic acids is 1. The number of aromatic hydroxyl groups is 1. The predicted molar refractivity (Wildman–Crippen MR) is 133 cm³/mol. The number of benzene rings is 3. The van der Waals surface area contributed by atoms with E-state index in [1.165, 1.54) is 24.3 Å². The van der Waals surface area contributed by atoms with Crippen LogP contribution in [0.15, 0.2) is 72.9 Å². The van der Waals surface area contributed by atoms with E-state index in [4.69, 9.17) is 11.6 Å². The number of carbonyl (C=O) groups excluding carboxylic acids is 2. The van der Waals surface area contributed by atoms with Crippen molar-refractivity contribution in [2.75, 3.05) is 0 Å². The predicted octanol–water partition coefficient (Wildman–Crippen LogP) is 4.31. The Kier molecular flexibility index (Phi) is 7.17. The molecule has 0 spiro atoms. The highest BCUT2D eigenvalue weighted by Crippen LogP contribution is 2.22. The van der Waals surface area contributed by atoms with Crippen LogP contribution < -0.4 is 5.32 Å². The van der Waals surface area contributed by atoms with Crippen LogP contribution in [0.3, 0.4) is 0 Å². The van der Waals surface area contributed by atoms with Crippen molar-refractivity contribution in [2.24, 2.45) is 0 Å². The number of aromatic nitrogens is 1. The smallest absolute Gasteiger partial charge is 0.326 e. The van der Waals surface area contributed by atoms with Crippen molar-refractivity contribution in [1.29, 1.82) is 0 Å². The monoisotopic (exact) mass is 490 g/mol. The number of carbonyl (C=O) groups is 3. The van der Waals surface area contributed by atoms with Crippen molar-refractivity contribution in [3.05, 3.63) is 100 Å². The van der Waals surface area contributed by atoms with E-state index in [1.54, 1.807) is 24.4 Å². The third-order valence-electron chi connectivity index (χ3n) is 5.69. The first kappa shape index (κ1) is 24.0. The largest absolute Gasteiger partial charge is 0.508 e. The molecule has 3 aromatic carbocycles. The molecule has 0 radical (unpaired) electrons. The molecule has 4 rings (SSSR count). The molecule has 0 aliphatic carbocycles. The molecular weight excluding hydrogens is 468 g/mol. The van der Waals surface area contributed by atoms with Gasteiger partial charge in [0, 0.05) is 36.4 Å². The van der Waals surface area contributed by atoms with Crippen LogP contribution in [0.1, 0.15) is 27.0 Å². The number of rotatable bonds is 9. The number of fused-ring (bicyclic) bond motifs is 1. The highest BCUT2D eigenvalue weighted by Gasteiger charge is 2.23. The molecule has 1 aromatic heterocycles. The third kappa shape index (κ3) is 5.88. The Labute approximate surface area is 206 Å². The Morgan fingerprint density at radius 2 is 1.69 bits per heavy atom. The molecular formula is C27H23ClN2O5. The number of hydrogen-bond acceptors (Lipinski definition) is 4. The van der Waals surface area contributed by atoms with Crippen LogP contribution in [-0.4, -0.2) is 38.9 Å². The Hall–Kier alpha value is -4.10. The fraction of sp³-hybridized carbons (Fsp3) is 0.148. The topological polar surface area (TPSA) is 119 Å². The summed E-state index contributed by atoms with van der Waals surface area (Å²) in [4.78, 5) is 40.2. The van der Waals surface area contributed by atoms with Crippen molar-refractivity contribution in [1.82, 2.24) is 10.3 Å². The zero-order valence-electron chi connectivity index (χ0n) is 18.6. The van der Waals surface area contributed by atoms with Crippen LogP contribution in [0.2, 0.25) is 5.02 Å². The number of H-pyrrole nitrogens is 1. The van der Waals surface area contributed by atoms with Gasteiger partial charge in [-0.2, -0.15) is 0 Å². The lowest BCUT2D eigenvalue weighted by atomic mass is 10.0. The minimum Gasteiger partial charge on any atom is -0.508 e. The van der Waals surface area contributed by atoms with Crippen molar-refractivity contribution < 1.29 is 24.6 Å². The summed E-state index contributed by atoms with van der Waals surface area (Å²) >= 11 is 6.31. The van der Waals surface area contributed by atoms with E-state index >= 15 is 0 Å². The number of hydrogen-bond donors (Lipinski definition) is 4. The molecule has 178 valence electrons. The molecule has 7 nitrogen and oxygen atoms in total. The van der Waals surface area contributed by atoms with E-state index in [0.717, 1.165) is 16.5 Å². The number of amides is 1. The van der Waals surface area contributed by atoms with E-state index in [-0.39, 0.29) is 41.4 Å². The molecule has 0 bridgehead atoms. The summed E-state index contributed by atoms with van der Waals surface area (Å²) in [6.07, 6.45) is 2.10. The first-order valence-electron chi connectivity index (χ1n) is 11.0. The second-order valence-corrected chi connectivity index (χ2v) is 8.71. The number of Topliss-reactive ketones (excluding diaryl/α,β-unsaturated/α-hetero) is 1. The second-order valence-electron chi connectivity index (χ2n) is 8.30. The molecule has 8 heteroatoms. The molecule has 4 N–H and O–H groups in total. The Morgan fingerprint density at radius 3 is 2.40 bits per heavy atom. The van der Waals surface area contributed by atoms with E-state index < -0.39 is 17.9 Å². The van der Waals surface area contributed by atoms with Gasteiger partial charge in [-0.3, -0.25) is 9.59 Å². The number of halogens is 1. The van der Waals surface area contributed by atoms with Gasteiger partial charge in [0.2, 0.25) is 0 Å². The van der Waals surface area contributed by atoms with Gasteiger partial charge < -0.3 is 20.5 Å². The Balaban J connectivity index is 1.42. The molecule has 1 heterocycles. The van der Waals surface area contributed by atoms with Gasteiger partial charge in [-0.15, -0.1) is 0 Å². The quantitative estimate of drug-likeness (QED) is 0.279. The lowest BCUT2D eigenvalue weighted by Crippen LogP contribution is -2.42. The fourth-order valence-electron chi connectivity index (χ4n) is 3.99. The highest BCUT2D eigenvalue weighted by atomic mass is 35.5. The summed E-state index contributed by atoms with van der Waals surface area (Å²) in [5, 5.41) is 22.8. The van der Waals surface area contributed by atoms with Crippen LogP contribution in [0.5, 0.6) is 5.75 Å². The van der Waals surface area contributed by atoms with Crippen molar-refractivity contribution >= 4 is 40.2 Å². The van der Waals surface area contributed by atoms with Crippen LogP contribution in [0, 0.1) is 0 Å². The first-order chi connectivity index (χ1) is 16.8. The SMILES string of the molecule is O=C(Cc1cccc(O)c1)Cc1ccc(C(=O)N[C@@H](Cc2c[nH]c3ccccc23)C(=O)O)c(Cl)c1. The van der Waals surface area contributed by atoms with Gasteiger partial charge in [-0.05, 0) is 47.0 Å². The molecule has 4 aromatic rings. The molecule has 0 aliphatic rings. The van der Waals surface area contributed by atoms with Crippen molar-refractivity contribution in [3.8, 4) is 5.75 Å². The molecule has 0 unspecified atom stereocenters. The molecule has 0 aliphatic heterocycles. The number of para-hydroxylation sites is 1. The van der Waals surface area contributed by atoms with Crippen molar-refractivity contribution in [2.45, 2.75) is 25.3 Å². The van der Waals surface area contributed by atoms with E-state index in [2.05, 4.69) is 10.3 Å². The average Bonchev–Trinajstić information content (AvgIpc) is 3.21. The zero-order chi connectivity index (χ0) is 24.9. The maximum absolute atomic E-state index is 12.8. The van der Waals surface area contributed by atoms with Crippen LogP contribution in [0.4, 0.5) is 0 Å². The Bertz CT molecular complexity index is 1410. The Morgan fingerprint density at radius 1 is 0.943 bits per heavy atom. The van der Waals surface area contributed by atoms with Gasteiger partial charge in [0.1, 0.15) is 17.6 Å². The van der Waals surface area contributed by atoms with Gasteiger partial charge in [0.25, 0.3) is 5.91 Å². The molecule has 0 saturated carbocycles. The van der Waals surface area contributed by atoms with Crippen LogP contribution >= 0.6 is 11.6 Å². The molecule has 35 heavy (non-hydrogen) atoms. The van der Waals surface area contributed by atoms with E-state index in [1.807, 2.05) is 24.3 Å². The number of phenols is 1. The van der Waals surface area contributed by atoms with Crippen LogP contribution in [-0.2, 0) is 28.9 Å². The summed E-state index contributed by atoms with van der Waals surface area (Å²) in [5.41, 5.74) is 3.12. The average molecular weight is 491 g/mol. The summed E-state index contributed by atoms with van der Waals surface area (Å²) in [6, 6.07) is 17.5. The summed E-state index contributed by atoms with van der Waals surface area (Å²) < 4.78 is 0. The molecule has 1 atom stereocenters. The minimum atomic E-state index is -1.16. The minimum absolute atomic E-state index is 0.0754. The number of aromatic amines is 1. The van der Waals surface area contributed by atoms with Crippen molar-refractivity contribution in [3.63, 3.8) is 0 Å². The van der Waals surface area contributed by atoms with E-state index in [0.29, 0.717) is 11.1 Å². The molecule has 0 fully saturated rings. The number of phenolic OH excluding ortho intramolecular Hbond substituents is 1. The first-order valence-corrected chi connectivity index (χ1v) is 11.3. The highest BCUT2D eigenvalue weighted by molar-refractivity contribution is 6.34. The maximum atomic E-state index is 12.8. The lowest BCUT2D eigenvalue weighted by molar-refractivity contribution is -0.139. The number of carboxylic acid groups (broad SMARTS) is 1. The second kappa shape index (κ2) is 10.4. The van der Waals surface area contributed by atoms with Gasteiger partial charge >= 0.3 is 5.97 Å². The normalized spacial score (nSPS) is 11.8. The van der Waals surface area contributed by atoms with Gasteiger partial charge in [0.15, 0.2) is 0 Å². The zero-order valence-corrected chi connectivity index (χ0v) is 19.4. The molecule has 1 amide bonds. The van der Waals surface area contributed by atoms with Gasteiger partial charge in [0.05, 0.1) is 10.6 Å². The van der Waals surface area contributed by atoms with Gasteiger partial charge in [-0.1, -0.05) is 48.0 Å². The summed E-state index contributed by atoms with van der Waals surface area (Å²) in [6.45, 7) is 0. The molecule has 0 saturated heterocycles. The van der Waals surface area contributed by atoms with Crippen LogP contribution in [0.25, 0.3) is 10.9 Å². The summed E-state index contributed by atoms with van der Waals surface area (Å²) in [5.74, 6) is -1.75.